The van der Waals surface area contributed by atoms with Crippen LogP contribution in [0.1, 0.15) is 53.4 Å². The van der Waals surface area contributed by atoms with Crippen LogP contribution in [0.25, 0.3) is 0 Å². The summed E-state index contributed by atoms with van der Waals surface area (Å²) >= 11 is 0. The zero-order valence-electron chi connectivity index (χ0n) is 11.8. The highest BCUT2D eigenvalue weighted by Crippen LogP contribution is 2.24. The molecule has 3 atom stereocenters. The minimum absolute atomic E-state index is 0.407. The molecule has 0 aromatic heterocycles. The quantitative estimate of drug-likeness (QED) is 0.798. The molecule has 1 N–H and O–H groups in total. The van der Waals surface area contributed by atoms with E-state index in [2.05, 4.69) is 37.1 Å². The van der Waals surface area contributed by atoms with Crippen LogP contribution in [0.2, 0.25) is 0 Å². The highest BCUT2D eigenvalue weighted by Gasteiger charge is 2.32. The molecular formula is C14H27N3. The van der Waals surface area contributed by atoms with Gasteiger partial charge in [-0.25, -0.2) is 0 Å². The molecule has 17 heavy (non-hydrogen) atoms. The van der Waals surface area contributed by atoms with Crippen LogP contribution in [0, 0.1) is 11.3 Å². The van der Waals surface area contributed by atoms with Crippen molar-refractivity contribution in [2.45, 2.75) is 71.0 Å². The maximum absolute atomic E-state index is 9.38. The largest absolute Gasteiger partial charge is 0.299 e. The third kappa shape index (κ3) is 3.97. The van der Waals surface area contributed by atoms with Gasteiger partial charge < -0.3 is 0 Å². The van der Waals surface area contributed by atoms with Gasteiger partial charge in [-0.3, -0.25) is 10.2 Å². The molecular weight excluding hydrogens is 210 g/mol. The van der Waals surface area contributed by atoms with Crippen molar-refractivity contribution in [1.82, 2.24) is 10.2 Å². The van der Waals surface area contributed by atoms with E-state index in [1.165, 1.54) is 19.3 Å². The first kappa shape index (κ1) is 14.5. The summed E-state index contributed by atoms with van der Waals surface area (Å²) in [5.74, 6) is 0. The second-order valence-electron chi connectivity index (χ2n) is 5.67. The van der Waals surface area contributed by atoms with Gasteiger partial charge in [0.15, 0.2) is 0 Å². The molecule has 1 aliphatic rings. The molecule has 0 saturated carbocycles. The summed E-state index contributed by atoms with van der Waals surface area (Å²) in [7, 11) is 0. The predicted octanol–water partition coefficient (Wildman–Crippen LogP) is 2.53. The monoisotopic (exact) mass is 237 g/mol. The molecule has 1 heterocycles. The lowest BCUT2D eigenvalue weighted by Gasteiger charge is -2.42. The summed E-state index contributed by atoms with van der Waals surface area (Å²) < 4.78 is 0. The Bertz CT molecular complexity index is 261. The standard InChI is InChI=1S/C14H27N3/c1-5-9-16-14(4,10-15)11-17-12(2)7-6-8-13(17)3/h12-13,16H,5-9,11H2,1-4H3/t12-,13+,14?. The van der Waals surface area contributed by atoms with Gasteiger partial charge in [0.2, 0.25) is 0 Å². The van der Waals surface area contributed by atoms with E-state index in [0.29, 0.717) is 12.1 Å². The Morgan fingerprint density at radius 3 is 2.41 bits per heavy atom. The zero-order chi connectivity index (χ0) is 12.9. The molecule has 1 fully saturated rings. The Balaban J connectivity index is 2.62. The van der Waals surface area contributed by atoms with Crippen molar-refractivity contribution >= 4 is 0 Å². The zero-order valence-corrected chi connectivity index (χ0v) is 11.8. The van der Waals surface area contributed by atoms with Crippen LogP contribution in [-0.2, 0) is 0 Å². The fraction of sp³-hybridized carbons (Fsp3) is 0.929. The lowest BCUT2D eigenvalue weighted by molar-refractivity contribution is 0.0816. The predicted molar refractivity (Wildman–Crippen MR) is 71.8 cm³/mol. The molecule has 0 radical (unpaired) electrons. The van der Waals surface area contributed by atoms with Gasteiger partial charge in [-0.1, -0.05) is 13.3 Å². The van der Waals surface area contributed by atoms with Gasteiger partial charge in [0, 0.05) is 18.6 Å². The van der Waals surface area contributed by atoms with Crippen molar-refractivity contribution < 1.29 is 0 Å². The van der Waals surface area contributed by atoms with Crippen LogP contribution in [-0.4, -0.2) is 35.6 Å². The van der Waals surface area contributed by atoms with Gasteiger partial charge in [0.05, 0.1) is 6.07 Å². The number of nitriles is 1. The molecule has 1 rings (SSSR count). The van der Waals surface area contributed by atoms with E-state index >= 15 is 0 Å². The fourth-order valence-electron chi connectivity index (χ4n) is 2.68. The van der Waals surface area contributed by atoms with E-state index in [-0.39, 0.29) is 0 Å². The van der Waals surface area contributed by atoms with E-state index in [4.69, 9.17) is 0 Å². The van der Waals surface area contributed by atoms with Crippen molar-refractivity contribution in [3.05, 3.63) is 0 Å². The summed E-state index contributed by atoms with van der Waals surface area (Å²) in [5.41, 5.74) is -0.407. The number of hydrogen-bond acceptors (Lipinski definition) is 3. The Kier molecular flexibility index (Phi) is 5.42. The third-order valence-electron chi connectivity index (χ3n) is 3.89. The number of likely N-dealkylation sites (tertiary alicyclic amines) is 1. The van der Waals surface area contributed by atoms with Gasteiger partial charge in [-0.05, 0) is 46.6 Å². The average Bonchev–Trinajstić information content (AvgIpc) is 2.32. The van der Waals surface area contributed by atoms with Crippen molar-refractivity contribution in [1.29, 1.82) is 5.26 Å². The van der Waals surface area contributed by atoms with E-state index in [9.17, 15) is 5.26 Å². The van der Waals surface area contributed by atoms with Crippen LogP contribution >= 0.6 is 0 Å². The number of hydrogen-bond donors (Lipinski definition) is 1. The van der Waals surface area contributed by atoms with Crippen LogP contribution in [0.15, 0.2) is 0 Å². The molecule has 3 heteroatoms. The fourth-order valence-corrected chi connectivity index (χ4v) is 2.68. The molecule has 1 unspecified atom stereocenters. The molecule has 1 aliphatic heterocycles. The van der Waals surface area contributed by atoms with Gasteiger partial charge in [0.1, 0.15) is 5.54 Å². The average molecular weight is 237 g/mol. The van der Waals surface area contributed by atoms with E-state index in [0.717, 1.165) is 19.5 Å². The molecule has 0 aromatic carbocycles. The van der Waals surface area contributed by atoms with Crippen LogP contribution in [0.5, 0.6) is 0 Å². The SMILES string of the molecule is CCCNC(C)(C#N)CN1[C@H](C)CCC[C@@H]1C. The summed E-state index contributed by atoms with van der Waals surface area (Å²) in [4.78, 5) is 2.50. The van der Waals surface area contributed by atoms with Gasteiger partial charge in [-0.15, -0.1) is 0 Å². The maximum atomic E-state index is 9.38. The molecule has 0 aliphatic carbocycles. The summed E-state index contributed by atoms with van der Waals surface area (Å²) in [6.07, 6.45) is 4.92. The van der Waals surface area contributed by atoms with E-state index in [1.807, 2.05) is 6.92 Å². The molecule has 0 amide bonds. The first-order valence-corrected chi connectivity index (χ1v) is 6.94. The smallest absolute Gasteiger partial charge is 0.116 e. The second-order valence-corrected chi connectivity index (χ2v) is 5.67. The molecule has 0 aromatic rings. The minimum atomic E-state index is -0.407. The molecule has 98 valence electrons. The van der Waals surface area contributed by atoms with Crippen molar-refractivity contribution in [2.24, 2.45) is 0 Å². The van der Waals surface area contributed by atoms with Crippen LogP contribution < -0.4 is 5.32 Å². The molecule has 0 bridgehead atoms. The highest BCUT2D eigenvalue weighted by molar-refractivity contribution is 5.06. The Labute approximate surface area is 106 Å². The third-order valence-corrected chi connectivity index (χ3v) is 3.89. The number of nitrogens with zero attached hydrogens (tertiary/aromatic N) is 2. The minimum Gasteiger partial charge on any atom is -0.299 e. The lowest BCUT2D eigenvalue weighted by Crippen LogP contribution is -2.56. The topological polar surface area (TPSA) is 39.1 Å². The molecule has 1 saturated heterocycles. The van der Waals surface area contributed by atoms with Crippen LogP contribution in [0.4, 0.5) is 0 Å². The number of rotatable bonds is 5. The van der Waals surface area contributed by atoms with Crippen molar-refractivity contribution in [2.75, 3.05) is 13.1 Å². The first-order chi connectivity index (χ1) is 8.02. The van der Waals surface area contributed by atoms with Crippen molar-refractivity contribution in [3.8, 4) is 6.07 Å². The Hall–Kier alpha value is -0.590. The molecule has 0 spiro atoms. The van der Waals surface area contributed by atoms with E-state index < -0.39 is 5.54 Å². The van der Waals surface area contributed by atoms with Crippen molar-refractivity contribution in [3.63, 3.8) is 0 Å². The maximum Gasteiger partial charge on any atom is 0.116 e. The second kappa shape index (κ2) is 6.37. The lowest BCUT2D eigenvalue weighted by atomic mass is 9.93. The van der Waals surface area contributed by atoms with Gasteiger partial charge >= 0.3 is 0 Å². The normalized spacial score (nSPS) is 29.6. The Morgan fingerprint density at radius 1 is 1.35 bits per heavy atom. The summed E-state index contributed by atoms with van der Waals surface area (Å²) in [5, 5.41) is 12.8. The Morgan fingerprint density at radius 2 is 1.94 bits per heavy atom. The molecule has 3 nitrogen and oxygen atoms in total. The summed E-state index contributed by atoms with van der Waals surface area (Å²) in [6, 6.07) is 3.66. The highest BCUT2D eigenvalue weighted by atomic mass is 15.2. The van der Waals surface area contributed by atoms with Gasteiger partial charge in [-0.2, -0.15) is 5.26 Å². The first-order valence-electron chi connectivity index (χ1n) is 6.94. The van der Waals surface area contributed by atoms with E-state index in [1.54, 1.807) is 0 Å². The van der Waals surface area contributed by atoms with Gasteiger partial charge in [0.25, 0.3) is 0 Å². The number of piperidine rings is 1. The van der Waals surface area contributed by atoms with Crippen LogP contribution in [0.3, 0.4) is 0 Å². The summed E-state index contributed by atoms with van der Waals surface area (Å²) in [6.45, 7) is 10.5. The number of nitrogens with one attached hydrogen (secondary N) is 1.